The molecule has 2 aliphatic heterocycles. The van der Waals surface area contributed by atoms with Crippen molar-refractivity contribution in [3.63, 3.8) is 0 Å². The molecule has 6 aromatic carbocycles. The number of nitrogens with zero attached hydrogens (tertiary/aromatic N) is 2. The Morgan fingerprint density at radius 1 is 0.481 bits per heavy atom. The number of anilines is 3. The van der Waals surface area contributed by atoms with E-state index in [2.05, 4.69) is 180 Å². The molecule has 7 aromatic rings. The fourth-order valence-electron chi connectivity index (χ4n) is 11.9. The van der Waals surface area contributed by atoms with E-state index in [4.69, 9.17) is 4.74 Å². The Morgan fingerprint density at radius 3 is 1.74 bits per heavy atom. The van der Waals surface area contributed by atoms with E-state index in [1.165, 1.54) is 77.5 Å². The molecule has 0 unspecified atom stereocenters. The molecule has 0 atom stereocenters. The van der Waals surface area contributed by atoms with Crippen molar-refractivity contribution in [1.29, 1.82) is 0 Å². The van der Waals surface area contributed by atoms with Gasteiger partial charge in [-0.1, -0.05) is 122 Å². The third-order valence-electron chi connectivity index (χ3n) is 13.6. The highest BCUT2D eigenvalue weighted by Gasteiger charge is 2.48. The minimum Gasteiger partial charge on any atom is -0.458 e. The Morgan fingerprint density at radius 2 is 1.06 bits per heavy atom. The molecule has 4 heteroatoms. The van der Waals surface area contributed by atoms with E-state index >= 15 is 0 Å². The Kier molecular flexibility index (Phi) is 6.15. The quantitative estimate of drug-likeness (QED) is 0.167. The van der Waals surface area contributed by atoms with Gasteiger partial charge in [0.25, 0.3) is 6.71 Å². The molecule has 266 valence electrons. The molecule has 11 rings (SSSR count). The number of hydrogen-bond donors (Lipinski definition) is 0. The van der Waals surface area contributed by atoms with E-state index in [1.54, 1.807) is 0 Å². The zero-order chi connectivity index (χ0) is 37.1. The number of ether oxygens (including phenoxy) is 1. The topological polar surface area (TPSA) is 17.4 Å². The van der Waals surface area contributed by atoms with Crippen LogP contribution in [0.2, 0.25) is 0 Å². The molecule has 0 radical (unpaired) electrons. The average molecular weight is 703 g/mol. The van der Waals surface area contributed by atoms with Gasteiger partial charge >= 0.3 is 0 Å². The number of benzene rings is 6. The second-order valence-electron chi connectivity index (χ2n) is 19.2. The van der Waals surface area contributed by atoms with E-state index in [1.807, 2.05) is 0 Å². The molecular weight excluding hydrogens is 655 g/mol. The molecule has 0 bridgehead atoms. The third-order valence-corrected chi connectivity index (χ3v) is 13.6. The Hall–Kier alpha value is -5.22. The molecule has 0 saturated heterocycles. The van der Waals surface area contributed by atoms with Gasteiger partial charge in [0.1, 0.15) is 11.5 Å². The summed E-state index contributed by atoms with van der Waals surface area (Å²) in [4.78, 5) is 2.60. The molecule has 1 aromatic heterocycles. The van der Waals surface area contributed by atoms with Gasteiger partial charge in [-0.15, -0.1) is 0 Å². The Balaban J connectivity index is 1.26. The van der Waals surface area contributed by atoms with Crippen LogP contribution in [0.5, 0.6) is 11.5 Å². The normalized spacial score (nSPS) is 18.9. The van der Waals surface area contributed by atoms with Crippen LogP contribution in [-0.4, -0.2) is 11.3 Å². The van der Waals surface area contributed by atoms with Crippen molar-refractivity contribution in [3.05, 3.63) is 138 Å². The second kappa shape index (κ2) is 10.3. The van der Waals surface area contributed by atoms with Crippen molar-refractivity contribution < 1.29 is 4.74 Å². The molecule has 2 aliphatic carbocycles. The number of hydrogen-bond acceptors (Lipinski definition) is 2. The lowest BCUT2D eigenvalue weighted by Gasteiger charge is -2.41. The van der Waals surface area contributed by atoms with Gasteiger partial charge in [0.15, 0.2) is 0 Å². The molecule has 0 spiro atoms. The Labute approximate surface area is 319 Å². The predicted octanol–water partition coefficient (Wildman–Crippen LogP) is 11.1. The van der Waals surface area contributed by atoms with Crippen LogP contribution in [-0.2, 0) is 21.7 Å². The zero-order valence-corrected chi connectivity index (χ0v) is 32.8. The summed E-state index contributed by atoms with van der Waals surface area (Å²) in [7, 11) is 0. The maximum atomic E-state index is 7.05. The minimum atomic E-state index is 0.0491. The standard InChI is InChI=1S/C50H47BN2O/c1-47(2)28-48(3,4)35-23-30(21-22-34(35)47)52-42-27-37-36(49(5,6)29-50(37,7)8)26-39(42)51-38-17-11-14-20-44(38)54-45-25-31(24-43(52)46(45)51)53-40-18-12-9-15-32(40)33-16-10-13-19-41(33)53/h9-27H,28-29H2,1-8H3. The first-order valence-electron chi connectivity index (χ1n) is 19.8. The van der Waals surface area contributed by atoms with E-state index in [-0.39, 0.29) is 28.4 Å². The van der Waals surface area contributed by atoms with Crippen molar-refractivity contribution in [2.24, 2.45) is 0 Å². The van der Waals surface area contributed by atoms with Crippen LogP contribution < -0.4 is 26.0 Å². The Bertz CT molecular complexity index is 2730. The highest BCUT2D eigenvalue weighted by molar-refractivity contribution is 6.99. The largest absolute Gasteiger partial charge is 0.458 e. The molecule has 0 amide bonds. The monoisotopic (exact) mass is 702 g/mol. The fourth-order valence-corrected chi connectivity index (χ4v) is 11.9. The summed E-state index contributed by atoms with van der Waals surface area (Å²) in [5.74, 6) is 1.88. The van der Waals surface area contributed by atoms with Gasteiger partial charge in [0, 0.05) is 33.9 Å². The molecule has 3 nitrogen and oxygen atoms in total. The van der Waals surface area contributed by atoms with Crippen molar-refractivity contribution >= 4 is 62.0 Å². The van der Waals surface area contributed by atoms with Crippen LogP contribution >= 0.6 is 0 Å². The van der Waals surface area contributed by atoms with Crippen LogP contribution in [0.1, 0.15) is 90.5 Å². The van der Waals surface area contributed by atoms with E-state index in [9.17, 15) is 0 Å². The van der Waals surface area contributed by atoms with Crippen LogP contribution in [0.4, 0.5) is 17.1 Å². The first-order chi connectivity index (χ1) is 25.7. The van der Waals surface area contributed by atoms with Crippen LogP contribution in [0.3, 0.4) is 0 Å². The summed E-state index contributed by atoms with van der Waals surface area (Å²) in [6.45, 7) is 19.5. The first-order valence-corrected chi connectivity index (χ1v) is 19.8. The lowest BCUT2D eigenvalue weighted by molar-refractivity contribution is 0.403. The van der Waals surface area contributed by atoms with Gasteiger partial charge in [-0.25, -0.2) is 0 Å². The van der Waals surface area contributed by atoms with Crippen LogP contribution in [0.25, 0.3) is 27.5 Å². The zero-order valence-electron chi connectivity index (χ0n) is 32.8. The number of para-hydroxylation sites is 3. The molecule has 54 heavy (non-hydrogen) atoms. The molecule has 4 aliphatic rings. The number of rotatable bonds is 2. The summed E-state index contributed by atoms with van der Waals surface area (Å²) in [6, 6.07) is 43.6. The highest BCUT2D eigenvalue weighted by atomic mass is 16.5. The van der Waals surface area contributed by atoms with Gasteiger partial charge in [-0.3, -0.25) is 0 Å². The minimum absolute atomic E-state index is 0.0491. The maximum Gasteiger partial charge on any atom is 0.256 e. The van der Waals surface area contributed by atoms with Crippen LogP contribution in [0, 0.1) is 0 Å². The summed E-state index contributed by atoms with van der Waals surface area (Å²) in [6.07, 6.45) is 2.26. The lowest BCUT2D eigenvalue weighted by atomic mass is 9.34. The van der Waals surface area contributed by atoms with E-state index in [0.717, 1.165) is 30.0 Å². The molecule has 3 heterocycles. The van der Waals surface area contributed by atoms with Gasteiger partial charge < -0.3 is 14.2 Å². The summed E-state index contributed by atoms with van der Waals surface area (Å²) in [5.41, 5.74) is 17.3. The average Bonchev–Trinajstić information content (AvgIpc) is 3.64. The molecule has 0 saturated carbocycles. The number of aromatic nitrogens is 1. The lowest BCUT2D eigenvalue weighted by Crippen LogP contribution is -2.59. The SMILES string of the molecule is CC1(C)CC(C)(C)c2cc(N3c4cc5c(cc4B4c6ccccc6Oc6cc(-n7c8ccccc8c8ccccc87)cc3c64)C(C)(C)CC5(C)C)ccc21. The summed E-state index contributed by atoms with van der Waals surface area (Å²) >= 11 is 0. The fraction of sp³-hybridized carbons (Fsp3) is 0.280. The van der Waals surface area contributed by atoms with Crippen LogP contribution in [0.15, 0.2) is 115 Å². The van der Waals surface area contributed by atoms with Gasteiger partial charge in [-0.2, -0.15) is 0 Å². The molecule has 0 N–H and O–H groups in total. The van der Waals surface area contributed by atoms with Crippen molar-refractivity contribution in [2.75, 3.05) is 4.90 Å². The van der Waals surface area contributed by atoms with E-state index in [0.29, 0.717) is 0 Å². The second-order valence-corrected chi connectivity index (χ2v) is 19.2. The summed E-state index contributed by atoms with van der Waals surface area (Å²) < 4.78 is 9.49. The molecular formula is C50H47BN2O. The van der Waals surface area contributed by atoms with Gasteiger partial charge in [0.2, 0.25) is 0 Å². The summed E-state index contributed by atoms with van der Waals surface area (Å²) in [5, 5.41) is 2.52. The third kappa shape index (κ3) is 4.20. The molecule has 0 fully saturated rings. The predicted molar refractivity (Wildman–Crippen MR) is 228 cm³/mol. The van der Waals surface area contributed by atoms with Crippen molar-refractivity contribution in [3.8, 4) is 17.2 Å². The smallest absolute Gasteiger partial charge is 0.256 e. The number of fused-ring (bicyclic) bond motifs is 9. The highest BCUT2D eigenvalue weighted by Crippen LogP contribution is 2.54. The van der Waals surface area contributed by atoms with Crippen molar-refractivity contribution in [1.82, 2.24) is 4.57 Å². The first kappa shape index (κ1) is 32.2. The van der Waals surface area contributed by atoms with Gasteiger partial charge in [-0.05, 0) is 116 Å². The van der Waals surface area contributed by atoms with Crippen molar-refractivity contribution in [2.45, 2.75) is 89.9 Å². The van der Waals surface area contributed by atoms with Gasteiger partial charge in [0.05, 0.1) is 16.7 Å². The van der Waals surface area contributed by atoms with E-state index < -0.39 is 0 Å². The maximum absolute atomic E-state index is 7.05.